The Morgan fingerprint density at radius 2 is 1.56 bits per heavy atom. The Kier molecular flexibility index (Phi) is 11.8. The van der Waals surface area contributed by atoms with E-state index in [9.17, 15) is 0 Å². The third-order valence-corrected chi connectivity index (χ3v) is 12.0. The number of hydrogen-bond donors (Lipinski definition) is 1. The standard InChI is InChI=1S/C51H63BN2O/c1-13-37(34(3)4)23-19-31-52-46-43(53-42-28-27-40(36(7)8)33-41(42)39-21-16-15-17-22-39)25-18-26-44(46)54(32-20-24-38(14-2)35(5)6)49-47(52)45-48(55-49)51(11,12)30-29-50(45,9)10/h13-28,31,33-36,53H,1,29-30,32H2,2-12H3/b24-20-,31-19+,37-23+,38-14+. The fourth-order valence-electron chi connectivity index (χ4n) is 8.51. The molecule has 3 aromatic carbocycles. The van der Waals surface area contributed by atoms with Gasteiger partial charge in [0.1, 0.15) is 5.76 Å². The molecular formula is C51H63BN2O. The molecule has 4 aromatic rings. The highest BCUT2D eigenvalue weighted by Gasteiger charge is 2.48. The van der Waals surface area contributed by atoms with Gasteiger partial charge >= 0.3 is 0 Å². The van der Waals surface area contributed by atoms with Crippen LogP contribution < -0.4 is 21.1 Å². The van der Waals surface area contributed by atoms with Crippen molar-refractivity contribution in [3.05, 3.63) is 144 Å². The van der Waals surface area contributed by atoms with Gasteiger partial charge in [0.2, 0.25) is 6.71 Å². The van der Waals surface area contributed by atoms with E-state index in [0.29, 0.717) is 24.3 Å². The summed E-state index contributed by atoms with van der Waals surface area (Å²) in [4.78, 5) is 2.44. The van der Waals surface area contributed by atoms with E-state index < -0.39 is 0 Å². The molecule has 1 aliphatic carbocycles. The van der Waals surface area contributed by atoms with Gasteiger partial charge in [-0.25, -0.2) is 0 Å². The van der Waals surface area contributed by atoms with Crippen LogP contribution in [0.3, 0.4) is 0 Å². The van der Waals surface area contributed by atoms with Crippen LogP contribution in [0.5, 0.6) is 0 Å². The summed E-state index contributed by atoms with van der Waals surface area (Å²) in [6.45, 7) is 30.0. The maximum atomic E-state index is 7.26. The van der Waals surface area contributed by atoms with Crippen LogP contribution in [-0.4, -0.2) is 13.3 Å². The van der Waals surface area contributed by atoms with Crippen molar-refractivity contribution in [2.75, 3.05) is 16.8 Å². The predicted octanol–water partition coefficient (Wildman–Crippen LogP) is 13.2. The molecule has 0 amide bonds. The lowest BCUT2D eigenvalue weighted by Gasteiger charge is -2.40. The number of anilines is 4. The van der Waals surface area contributed by atoms with Gasteiger partial charge in [-0.3, -0.25) is 0 Å². The average molecular weight is 731 g/mol. The van der Waals surface area contributed by atoms with Gasteiger partial charge in [-0.15, -0.1) is 5.98 Å². The molecule has 286 valence electrons. The zero-order chi connectivity index (χ0) is 39.7. The molecule has 0 atom stereocenters. The highest BCUT2D eigenvalue weighted by atomic mass is 16.4. The second kappa shape index (κ2) is 16.2. The van der Waals surface area contributed by atoms with Gasteiger partial charge in [0, 0.05) is 34.6 Å². The van der Waals surface area contributed by atoms with E-state index in [-0.39, 0.29) is 17.5 Å². The molecule has 0 radical (unpaired) electrons. The molecule has 2 heterocycles. The number of nitrogens with one attached hydrogen (secondary N) is 1. The number of nitrogens with zero attached hydrogens (tertiary/aromatic N) is 1. The van der Waals surface area contributed by atoms with Crippen LogP contribution in [0.4, 0.5) is 22.9 Å². The Balaban J connectivity index is 1.62. The Bertz CT molecular complexity index is 2140. The number of furan rings is 1. The zero-order valence-corrected chi connectivity index (χ0v) is 35.4. The Labute approximate surface area is 333 Å². The molecule has 0 bridgehead atoms. The molecule has 0 unspecified atom stereocenters. The summed E-state index contributed by atoms with van der Waals surface area (Å²) in [5.74, 6) is 5.79. The second-order valence-corrected chi connectivity index (χ2v) is 17.8. The fourth-order valence-corrected chi connectivity index (χ4v) is 8.51. The van der Waals surface area contributed by atoms with E-state index in [1.165, 1.54) is 50.0 Å². The van der Waals surface area contributed by atoms with Gasteiger partial charge in [0.05, 0.1) is 0 Å². The van der Waals surface area contributed by atoms with Crippen molar-refractivity contribution in [2.45, 2.75) is 106 Å². The van der Waals surface area contributed by atoms with Crippen LogP contribution in [-0.2, 0) is 10.8 Å². The minimum Gasteiger partial charge on any atom is -0.445 e. The van der Waals surface area contributed by atoms with Crippen LogP contribution >= 0.6 is 0 Å². The highest BCUT2D eigenvalue weighted by molar-refractivity contribution is 6.93. The highest BCUT2D eigenvalue weighted by Crippen LogP contribution is 2.49. The molecule has 0 saturated carbocycles. The third kappa shape index (κ3) is 8.02. The molecule has 0 fully saturated rings. The van der Waals surface area contributed by atoms with Gasteiger partial charge < -0.3 is 14.6 Å². The fraction of sp³-hybridized carbons (Fsp3) is 0.373. The molecule has 3 nitrogen and oxygen atoms in total. The summed E-state index contributed by atoms with van der Waals surface area (Å²) >= 11 is 0. The van der Waals surface area contributed by atoms with Crippen LogP contribution in [0.1, 0.15) is 112 Å². The van der Waals surface area contributed by atoms with Crippen LogP contribution in [0, 0.1) is 11.8 Å². The van der Waals surface area contributed by atoms with Gasteiger partial charge in [-0.1, -0.05) is 155 Å². The summed E-state index contributed by atoms with van der Waals surface area (Å²) in [6, 6.07) is 24.4. The average Bonchev–Trinajstić information content (AvgIpc) is 3.58. The van der Waals surface area contributed by atoms with Gasteiger partial charge in [0.25, 0.3) is 0 Å². The molecule has 0 saturated heterocycles. The number of hydrogen-bond acceptors (Lipinski definition) is 3. The Morgan fingerprint density at radius 3 is 2.22 bits per heavy atom. The van der Waals surface area contributed by atoms with Crippen molar-refractivity contribution in [3.8, 4) is 11.1 Å². The van der Waals surface area contributed by atoms with Crippen LogP contribution in [0.15, 0.2) is 131 Å². The van der Waals surface area contributed by atoms with Gasteiger partial charge in [-0.2, -0.15) is 0 Å². The van der Waals surface area contributed by atoms with E-state index >= 15 is 0 Å². The van der Waals surface area contributed by atoms with Gasteiger partial charge in [-0.05, 0) is 106 Å². The number of allylic oxidation sites excluding steroid dienone is 7. The van der Waals surface area contributed by atoms with Crippen molar-refractivity contribution in [2.24, 2.45) is 11.8 Å². The largest absolute Gasteiger partial charge is 0.445 e. The van der Waals surface area contributed by atoms with E-state index in [1.54, 1.807) is 0 Å². The molecule has 55 heavy (non-hydrogen) atoms. The first-order chi connectivity index (χ1) is 26.2. The van der Waals surface area contributed by atoms with Crippen molar-refractivity contribution in [1.82, 2.24) is 0 Å². The Hall–Kier alpha value is -4.70. The quantitative estimate of drug-likeness (QED) is 0.116. The molecule has 6 rings (SSSR count). The van der Waals surface area contributed by atoms with E-state index in [0.717, 1.165) is 35.9 Å². The van der Waals surface area contributed by atoms with E-state index in [1.807, 2.05) is 6.08 Å². The summed E-state index contributed by atoms with van der Waals surface area (Å²) in [6.07, 6.45) is 15.5. The van der Waals surface area contributed by atoms with E-state index in [4.69, 9.17) is 4.42 Å². The lowest BCUT2D eigenvalue weighted by atomic mass is 9.37. The lowest BCUT2D eigenvalue weighted by Crippen LogP contribution is -2.53. The summed E-state index contributed by atoms with van der Waals surface area (Å²) < 4.78 is 7.26. The number of benzene rings is 3. The number of rotatable bonds is 12. The maximum absolute atomic E-state index is 7.26. The first-order valence-corrected chi connectivity index (χ1v) is 20.6. The van der Waals surface area contributed by atoms with Crippen molar-refractivity contribution < 1.29 is 4.42 Å². The summed E-state index contributed by atoms with van der Waals surface area (Å²) in [7, 11) is 0. The normalized spacial score (nSPS) is 16.7. The molecule has 1 aliphatic heterocycles. The maximum Gasteiger partial charge on any atom is 0.247 e. The predicted molar refractivity (Wildman–Crippen MR) is 242 cm³/mol. The topological polar surface area (TPSA) is 28.4 Å². The molecule has 4 heteroatoms. The van der Waals surface area contributed by atoms with Crippen molar-refractivity contribution in [1.29, 1.82) is 0 Å². The Morgan fingerprint density at radius 1 is 0.855 bits per heavy atom. The molecule has 0 spiro atoms. The smallest absolute Gasteiger partial charge is 0.247 e. The second-order valence-electron chi connectivity index (χ2n) is 17.8. The summed E-state index contributed by atoms with van der Waals surface area (Å²) in [5.41, 5.74) is 13.5. The molecule has 1 aromatic heterocycles. The van der Waals surface area contributed by atoms with Crippen molar-refractivity contribution >= 4 is 40.6 Å². The monoisotopic (exact) mass is 731 g/mol. The van der Waals surface area contributed by atoms with E-state index in [2.05, 4.69) is 196 Å². The minimum atomic E-state index is -0.0721. The van der Waals surface area contributed by atoms with Crippen LogP contribution in [0.25, 0.3) is 11.1 Å². The minimum absolute atomic E-state index is 0.0408. The molecule has 2 aliphatic rings. The first-order valence-electron chi connectivity index (χ1n) is 20.6. The van der Waals surface area contributed by atoms with Crippen molar-refractivity contribution in [3.63, 3.8) is 0 Å². The summed E-state index contributed by atoms with van der Waals surface area (Å²) in [5, 5.41) is 4.03. The first kappa shape index (κ1) is 40.0. The molecule has 1 N–H and O–H groups in total. The van der Waals surface area contributed by atoms with Crippen LogP contribution in [0.2, 0.25) is 0 Å². The third-order valence-electron chi connectivity index (χ3n) is 12.0. The SMILES string of the molecule is C=C/C(=C\C=C\B1c2c(Nc3ccc(C(C)C)cc3-c3ccccc3)cccc2N(C/C=C\C(=C/C)C(C)C)c2oc3c(c21)C(C)(C)CCC3(C)C)C(C)C. The zero-order valence-electron chi connectivity index (χ0n) is 35.4. The number of fused-ring (bicyclic) bond motifs is 4. The molecular weight excluding hydrogens is 667 g/mol. The van der Waals surface area contributed by atoms with Gasteiger partial charge in [0.15, 0.2) is 5.88 Å². The lowest BCUT2D eigenvalue weighted by molar-refractivity contribution is 0.280.